The van der Waals surface area contributed by atoms with Crippen LogP contribution in [0.1, 0.15) is 24.8 Å². The Morgan fingerprint density at radius 1 is 0.818 bits per heavy atom. The van der Waals surface area contributed by atoms with E-state index in [1.165, 1.54) is 29.8 Å². The fourth-order valence-electron chi connectivity index (χ4n) is 3.46. The molecule has 2 nitrogen and oxygen atoms in total. The Morgan fingerprint density at radius 3 is 2.36 bits per heavy atom. The highest BCUT2D eigenvalue weighted by molar-refractivity contribution is 5.76. The lowest BCUT2D eigenvalue weighted by molar-refractivity contribution is 0.294. The van der Waals surface area contributed by atoms with Gasteiger partial charge in [-0.3, -0.25) is 10.0 Å². The van der Waals surface area contributed by atoms with Crippen LogP contribution < -0.4 is 5.01 Å². The van der Waals surface area contributed by atoms with E-state index >= 15 is 0 Å². The molecule has 1 saturated heterocycles. The van der Waals surface area contributed by atoms with Crippen molar-refractivity contribution in [1.29, 1.82) is 0 Å². The van der Waals surface area contributed by atoms with Gasteiger partial charge < -0.3 is 0 Å². The Hall–Kier alpha value is -2.29. The number of nitrogens with zero attached hydrogens (tertiary/aromatic N) is 2. The van der Waals surface area contributed by atoms with Crippen LogP contribution >= 0.6 is 0 Å². The third kappa shape index (κ3) is 2.27. The second-order valence-electron chi connectivity index (χ2n) is 5.91. The van der Waals surface area contributed by atoms with Crippen molar-refractivity contribution in [3.05, 3.63) is 71.7 Å². The normalized spacial score (nSPS) is 17.9. The molecule has 2 aliphatic heterocycles. The van der Waals surface area contributed by atoms with Crippen molar-refractivity contribution in [2.45, 2.75) is 19.3 Å². The van der Waals surface area contributed by atoms with E-state index in [2.05, 4.69) is 34.3 Å². The Bertz CT molecular complexity index is 691. The zero-order valence-electron chi connectivity index (χ0n) is 12.5. The molecule has 0 aliphatic carbocycles. The Balaban J connectivity index is 1.73. The molecule has 2 aromatic carbocycles. The van der Waals surface area contributed by atoms with Gasteiger partial charge in [0.1, 0.15) is 5.82 Å². The first kappa shape index (κ1) is 13.4. The summed E-state index contributed by atoms with van der Waals surface area (Å²) in [7, 11) is 0. The number of para-hydroxylation sites is 1. The molecule has 22 heavy (non-hydrogen) atoms. The molecule has 2 aromatic rings. The van der Waals surface area contributed by atoms with Crippen molar-refractivity contribution in [1.82, 2.24) is 5.01 Å². The third-order valence-corrected chi connectivity index (χ3v) is 4.54. The highest BCUT2D eigenvalue weighted by Gasteiger charge is 2.32. The van der Waals surface area contributed by atoms with E-state index in [4.69, 9.17) is 0 Å². The van der Waals surface area contributed by atoms with Crippen LogP contribution in [0.2, 0.25) is 0 Å². The first-order valence-electron chi connectivity index (χ1n) is 7.91. The van der Waals surface area contributed by atoms with E-state index < -0.39 is 0 Å². The molecule has 0 bridgehead atoms. The van der Waals surface area contributed by atoms with Crippen molar-refractivity contribution in [3.8, 4) is 0 Å². The summed E-state index contributed by atoms with van der Waals surface area (Å²) in [6.45, 7) is 1.93. The van der Waals surface area contributed by atoms with Gasteiger partial charge in [0.2, 0.25) is 0 Å². The molecule has 0 amide bonds. The number of allylic oxidation sites excluding steroid dienone is 1. The second-order valence-corrected chi connectivity index (χ2v) is 5.91. The van der Waals surface area contributed by atoms with Crippen LogP contribution in [-0.4, -0.2) is 18.1 Å². The zero-order chi connectivity index (χ0) is 14.9. The SMILES string of the molecule is Fc1ccc(C2=C3CCCCN3N(c3ccccc3)C2)cc1. The van der Waals surface area contributed by atoms with E-state index in [1.807, 2.05) is 18.2 Å². The zero-order valence-corrected chi connectivity index (χ0v) is 12.5. The molecule has 0 atom stereocenters. The summed E-state index contributed by atoms with van der Waals surface area (Å²) >= 11 is 0. The maximum absolute atomic E-state index is 13.2. The van der Waals surface area contributed by atoms with Crippen molar-refractivity contribution in [2.24, 2.45) is 0 Å². The maximum Gasteiger partial charge on any atom is 0.123 e. The van der Waals surface area contributed by atoms with E-state index in [0.717, 1.165) is 25.1 Å². The molecule has 0 unspecified atom stereocenters. The lowest BCUT2D eigenvalue weighted by Crippen LogP contribution is -2.39. The van der Waals surface area contributed by atoms with E-state index in [1.54, 1.807) is 12.1 Å². The summed E-state index contributed by atoms with van der Waals surface area (Å²) in [5.41, 5.74) is 5.10. The molecule has 0 aromatic heterocycles. The van der Waals surface area contributed by atoms with Crippen LogP contribution in [0, 0.1) is 5.82 Å². The Kier molecular flexibility index (Phi) is 3.34. The molecule has 1 fully saturated rings. The maximum atomic E-state index is 13.2. The van der Waals surface area contributed by atoms with Crippen LogP contribution in [0.5, 0.6) is 0 Å². The van der Waals surface area contributed by atoms with Crippen molar-refractivity contribution in [3.63, 3.8) is 0 Å². The summed E-state index contributed by atoms with van der Waals surface area (Å²) in [6.07, 6.45) is 3.57. The van der Waals surface area contributed by atoms with Crippen molar-refractivity contribution in [2.75, 3.05) is 18.1 Å². The standard InChI is InChI=1S/C19H19FN2/c20-16-11-9-15(10-12-16)18-14-22(17-6-2-1-3-7-17)21-13-5-4-8-19(18)21/h1-3,6-7,9-12H,4-5,8,13-14H2. The molecule has 0 radical (unpaired) electrons. The Morgan fingerprint density at radius 2 is 1.59 bits per heavy atom. The van der Waals surface area contributed by atoms with Gasteiger partial charge in [-0.2, -0.15) is 0 Å². The Labute approximate surface area is 130 Å². The van der Waals surface area contributed by atoms with Gasteiger partial charge in [0.15, 0.2) is 0 Å². The molecule has 2 aliphatic rings. The average Bonchev–Trinajstić information content (AvgIpc) is 2.96. The number of anilines is 1. The van der Waals surface area contributed by atoms with E-state index in [-0.39, 0.29) is 5.82 Å². The van der Waals surface area contributed by atoms with Crippen LogP contribution in [-0.2, 0) is 0 Å². The predicted octanol–water partition coefficient (Wildman–Crippen LogP) is 4.46. The first-order valence-corrected chi connectivity index (χ1v) is 7.91. The van der Waals surface area contributed by atoms with Gasteiger partial charge in [-0.15, -0.1) is 0 Å². The molecular formula is C19H19FN2. The molecule has 2 heterocycles. The monoisotopic (exact) mass is 294 g/mol. The number of rotatable bonds is 2. The van der Waals surface area contributed by atoms with Gasteiger partial charge in [0.25, 0.3) is 0 Å². The minimum atomic E-state index is -0.173. The highest BCUT2D eigenvalue weighted by atomic mass is 19.1. The molecule has 0 spiro atoms. The number of benzene rings is 2. The lowest BCUT2D eigenvalue weighted by Gasteiger charge is -2.36. The number of hydrazine groups is 1. The molecule has 4 rings (SSSR count). The van der Waals surface area contributed by atoms with Crippen LogP contribution in [0.4, 0.5) is 10.1 Å². The largest absolute Gasteiger partial charge is 0.289 e. The number of piperidine rings is 1. The van der Waals surface area contributed by atoms with Crippen LogP contribution in [0.3, 0.4) is 0 Å². The topological polar surface area (TPSA) is 6.48 Å². The smallest absolute Gasteiger partial charge is 0.123 e. The third-order valence-electron chi connectivity index (χ3n) is 4.54. The molecule has 0 saturated carbocycles. The highest BCUT2D eigenvalue weighted by Crippen LogP contribution is 2.38. The molecule has 0 N–H and O–H groups in total. The number of hydrogen-bond acceptors (Lipinski definition) is 2. The van der Waals surface area contributed by atoms with E-state index in [0.29, 0.717) is 0 Å². The molecule has 112 valence electrons. The summed E-state index contributed by atoms with van der Waals surface area (Å²) < 4.78 is 13.2. The summed E-state index contributed by atoms with van der Waals surface area (Å²) in [6, 6.07) is 17.4. The molecular weight excluding hydrogens is 275 g/mol. The quantitative estimate of drug-likeness (QED) is 0.807. The van der Waals surface area contributed by atoms with Crippen molar-refractivity contribution >= 4 is 11.3 Å². The fourth-order valence-corrected chi connectivity index (χ4v) is 3.46. The summed E-state index contributed by atoms with van der Waals surface area (Å²) in [5, 5.41) is 4.77. The summed E-state index contributed by atoms with van der Waals surface area (Å²) in [4.78, 5) is 0. The average molecular weight is 294 g/mol. The first-order chi connectivity index (χ1) is 10.8. The minimum absolute atomic E-state index is 0.173. The van der Waals surface area contributed by atoms with Gasteiger partial charge in [-0.25, -0.2) is 4.39 Å². The lowest BCUT2D eigenvalue weighted by atomic mass is 10.00. The van der Waals surface area contributed by atoms with E-state index in [9.17, 15) is 4.39 Å². The number of fused-ring (bicyclic) bond motifs is 1. The molecule has 3 heteroatoms. The fraction of sp³-hybridized carbons (Fsp3) is 0.263. The van der Waals surface area contributed by atoms with Crippen LogP contribution in [0.25, 0.3) is 5.57 Å². The summed E-state index contributed by atoms with van der Waals surface area (Å²) in [5.74, 6) is -0.173. The van der Waals surface area contributed by atoms with Crippen LogP contribution in [0.15, 0.2) is 60.3 Å². The number of hydrogen-bond donors (Lipinski definition) is 0. The van der Waals surface area contributed by atoms with Gasteiger partial charge in [0.05, 0.1) is 12.2 Å². The predicted molar refractivity (Wildman–Crippen MR) is 87.7 cm³/mol. The van der Waals surface area contributed by atoms with Gasteiger partial charge in [-0.05, 0) is 49.1 Å². The minimum Gasteiger partial charge on any atom is -0.289 e. The van der Waals surface area contributed by atoms with Gasteiger partial charge in [-0.1, -0.05) is 30.3 Å². The number of halogens is 1. The van der Waals surface area contributed by atoms with Gasteiger partial charge >= 0.3 is 0 Å². The van der Waals surface area contributed by atoms with Crippen molar-refractivity contribution < 1.29 is 4.39 Å². The van der Waals surface area contributed by atoms with Gasteiger partial charge in [0, 0.05) is 17.8 Å². The second kappa shape index (κ2) is 5.48.